The summed E-state index contributed by atoms with van der Waals surface area (Å²) < 4.78 is 0. The largest absolute Gasteiger partial charge is 0.325 e. The smallest absolute Gasteiger partial charge is 0.322 e. The maximum absolute atomic E-state index is 12.5. The van der Waals surface area contributed by atoms with E-state index in [1.165, 1.54) is 0 Å². The van der Waals surface area contributed by atoms with Crippen LogP contribution in [0.2, 0.25) is 0 Å². The summed E-state index contributed by atoms with van der Waals surface area (Å²) in [5.41, 5.74) is 1.62. The van der Waals surface area contributed by atoms with Gasteiger partial charge in [0.1, 0.15) is 5.54 Å². The molecule has 2 fully saturated rings. The molecular weight excluding hydrogens is 300 g/mol. The zero-order valence-corrected chi connectivity index (χ0v) is 13.5. The number of aryl methyl sites for hydroxylation is 2. The summed E-state index contributed by atoms with van der Waals surface area (Å²) in [6.07, 6.45) is 0.635. The highest BCUT2D eigenvalue weighted by molar-refractivity contribution is 7.99. The summed E-state index contributed by atoms with van der Waals surface area (Å²) in [6.45, 7) is 3.57. The van der Waals surface area contributed by atoms with E-state index in [1.54, 1.807) is 17.8 Å². The molecule has 1 atom stereocenters. The molecule has 0 bridgehead atoms. The Kier molecular flexibility index (Phi) is 3.72. The van der Waals surface area contributed by atoms with Gasteiger partial charge in [0, 0.05) is 11.3 Å². The summed E-state index contributed by atoms with van der Waals surface area (Å²) in [5.74, 6) is 0.977. The van der Waals surface area contributed by atoms with E-state index in [-0.39, 0.29) is 18.2 Å². The zero-order chi connectivity index (χ0) is 15.9. The lowest BCUT2D eigenvalue weighted by Gasteiger charge is -2.19. The summed E-state index contributed by atoms with van der Waals surface area (Å²) in [7, 11) is 0. The number of urea groups is 1. The van der Waals surface area contributed by atoms with Crippen LogP contribution in [0.15, 0.2) is 18.2 Å². The molecule has 1 N–H and O–H groups in total. The van der Waals surface area contributed by atoms with Crippen LogP contribution in [0, 0.1) is 13.8 Å². The predicted octanol–water partition coefficient (Wildman–Crippen LogP) is 1.91. The SMILES string of the molecule is Cc1ccc(C)c(C(=O)CN2C(=O)NC3(CCSC3)C2=O)c1. The normalized spacial score (nSPS) is 24.2. The van der Waals surface area contributed by atoms with Crippen LogP contribution in [-0.4, -0.2) is 46.2 Å². The van der Waals surface area contributed by atoms with Gasteiger partial charge in [0.05, 0.1) is 6.54 Å². The van der Waals surface area contributed by atoms with Crippen LogP contribution in [0.4, 0.5) is 4.79 Å². The fourth-order valence-corrected chi connectivity index (χ4v) is 4.24. The van der Waals surface area contributed by atoms with Crippen LogP contribution in [0.1, 0.15) is 27.9 Å². The van der Waals surface area contributed by atoms with E-state index in [1.807, 2.05) is 26.0 Å². The number of nitrogens with zero attached hydrogens (tertiary/aromatic N) is 1. The molecule has 22 heavy (non-hydrogen) atoms. The molecule has 0 radical (unpaired) electrons. The number of carbonyl (C=O) groups is 3. The lowest BCUT2D eigenvalue weighted by molar-refractivity contribution is -0.130. The summed E-state index contributed by atoms with van der Waals surface area (Å²) in [5, 5.41) is 2.78. The fraction of sp³-hybridized carbons (Fsp3) is 0.438. The minimum absolute atomic E-state index is 0.193. The minimum atomic E-state index is -0.788. The third-order valence-electron chi connectivity index (χ3n) is 4.26. The maximum atomic E-state index is 12.5. The van der Waals surface area contributed by atoms with E-state index in [4.69, 9.17) is 0 Å². The number of amides is 3. The lowest BCUT2D eigenvalue weighted by Crippen LogP contribution is -2.47. The van der Waals surface area contributed by atoms with Crippen LogP contribution < -0.4 is 5.32 Å². The average molecular weight is 318 g/mol. The van der Waals surface area contributed by atoms with Gasteiger partial charge in [0.15, 0.2) is 5.78 Å². The lowest BCUT2D eigenvalue weighted by atomic mass is 9.98. The summed E-state index contributed by atoms with van der Waals surface area (Å²) in [6, 6.07) is 5.16. The molecule has 2 aliphatic rings. The number of thioether (sulfide) groups is 1. The first kappa shape index (κ1) is 15.1. The van der Waals surface area contributed by atoms with Gasteiger partial charge in [-0.25, -0.2) is 4.79 Å². The Morgan fingerprint density at radius 3 is 2.82 bits per heavy atom. The second-order valence-electron chi connectivity index (χ2n) is 5.95. The number of ketones is 1. The molecule has 1 aromatic carbocycles. The fourth-order valence-electron chi connectivity index (χ4n) is 2.92. The number of Topliss-reactive ketones (excluding diaryl/α,β-unsaturated/α-hetero) is 1. The first-order valence-electron chi connectivity index (χ1n) is 7.25. The van der Waals surface area contributed by atoms with Crippen molar-refractivity contribution in [3.8, 4) is 0 Å². The topological polar surface area (TPSA) is 66.5 Å². The van der Waals surface area contributed by atoms with Crippen molar-refractivity contribution in [2.45, 2.75) is 25.8 Å². The second kappa shape index (κ2) is 5.43. The Hall–Kier alpha value is -1.82. The molecule has 1 spiro atoms. The standard InChI is InChI=1S/C16H18N2O3S/c1-10-3-4-11(2)12(7-10)13(19)8-18-14(20)16(17-15(18)21)5-6-22-9-16/h3-4,7H,5-6,8-9H2,1-2H3,(H,17,21). The molecule has 2 saturated heterocycles. The summed E-state index contributed by atoms with van der Waals surface area (Å²) >= 11 is 1.65. The number of benzene rings is 1. The van der Waals surface area contributed by atoms with Crippen molar-refractivity contribution in [2.24, 2.45) is 0 Å². The van der Waals surface area contributed by atoms with Crippen molar-refractivity contribution < 1.29 is 14.4 Å². The molecule has 5 nitrogen and oxygen atoms in total. The monoisotopic (exact) mass is 318 g/mol. The van der Waals surface area contributed by atoms with Gasteiger partial charge in [-0.05, 0) is 37.7 Å². The van der Waals surface area contributed by atoms with Crippen LogP contribution in [0.3, 0.4) is 0 Å². The van der Waals surface area contributed by atoms with Crippen molar-refractivity contribution in [2.75, 3.05) is 18.1 Å². The third-order valence-corrected chi connectivity index (χ3v) is 5.45. The highest BCUT2D eigenvalue weighted by Crippen LogP contribution is 2.33. The Balaban J connectivity index is 1.81. The Morgan fingerprint density at radius 2 is 2.14 bits per heavy atom. The highest BCUT2D eigenvalue weighted by Gasteiger charge is 2.53. The highest BCUT2D eigenvalue weighted by atomic mass is 32.2. The number of nitrogens with one attached hydrogen (secondary N) is 1. The van der Waals surface area contributed by atoms with Gasteiger partial charge in [-0.3, -0.25) is 14.5 Å². The van der Waals surface area contributed by atoms with Gasteiger partial charge in [-0.1, -0.05) is 17.7 Å². The molecular formula is C16H18N2O3S. The zero-order valence-electron chi connectivity index (χ0n) is 12.6. The van der Waals surface area contributed by atoms with Crippen molar-refractivity contribution in [3.63, 3.8) is 0 Å². The number of hydrogen-bond donors (Lipinski definition) is 1. The van der Waals surface area contributed by atoms with E-state index in [0.29, 0.717) is 17.7 Å². The van der Waals surface area contributed by atoms with Gasteiger partial charge >= 0.3 is 6.03 Å². The second-order valence-corrected chi connectivity index (χ2v) is 7.05. The van der Waals surface area contributed by atoms with E-state index in [0.717, 1.165) is 21.8 Å². The number of rotatable bonds is 3. The van der Waals surface area contributed by atoms with Crippen molar-refractivity contribution >= 4 is 29.5 Å². The molecule has 0 aliphatic carbocycles. The molecule has 116 valence electrons. The molecule has 3 amide bonds. The van der Waals surface area contributed by atoms with Gasteiger partial charge in [0.25, 0.3) is 5.91 Å². The number of carbonyl (C=O) groups excluding carboxylic acids is 3. The average Bonchev–Trinajstić information content (AvgIpc) is 3.03. The maximum Gasteiger partial charge on any atom is 0.325 e. The van der Waals surface area contributed by atoms with E-state index < -0.39 is 11.6 Å². The van der Waals surface area contributed by atoms with Crippen LogP contribution in [-0.2, 0) is 4.79 Å². The summed E-state index contributed by atoms with van der Waals surface area (Å²) in [4.78, 5) is 38.2. The van der Waals surface area contributed by atoms with Gasteiger partial charge in [0.2, 0.25) is 0 Å². The van der Waals surface area contributed by atoms with E-state index in [2.05, 4.69) is 5.32 Å². The van der Waals surface area contributed by atoms with Crippen LogP contribution in [0.5, 0.6) is 0 Å². The first-order valence-corrected chi connectivity index (χ1v) is 8.41. The van der Waals surface area contributed by atoms with Crippen molar-refractivity contribution in [3.05, 3.63) is 34.9 Å². The Bertz CT molecular complexity index is 665. The molecule has 1 unspecified atom stereocenters. The third kappa shape index (κ3) is 2.41. The molecule has 2 heterocycles. The molecule has 3 rings (SSSR count). The number of hydrogen-bond acceptors (Lipinski definition) is 4. The molecule has 0 aromatic heterocycles. The van der Waals surface area contributed by atoms with E-state index >= 15 is 0 Å². The molecule has 1 aromatic rings. The molecule has 2 aliphatic heterocycles. The minimum Gasteiger partial charge on any atom is -0.322 e. The van der Waals surface area contributed by atoms with Gasteiger partial charge < -0.3 is 5.32 Å². The first-order chi connectivity index (χ1) is 10.4. The Morgan fingerprint density at radius 1 is 1.36 bits per heavy atom. The predicted molar refractivity (Wildman–Crippen MR) is 85.2 cm³/mol. The van der Waals surface area contributed by atoms with Gasteiger partial charge in [-0.15, -0.1) is 0 Å². The van der Waals surface area contributed by atoms with Crippen molar-refractivity contribution in [1.82, 2.24) is 10.2 Å². The molecule has 6 heteroatoms. The number of imide groups is 1. The Labute approximate surface area is 133 Å². The van der Waals surface area contributed by atoms with E-state index in [9.17, 15) is 14.4 Å². The quantitative estimate of drug-likeness (QED) is 0.683. The van der Waals surface area contributed by atoms with Crippen LogP contribution >= 0.6 is 11.8 Å². The van der Waals surface area contributed by atoms with Crippen LogP contribution in [0.25, 0.3) is 0 Å². The molecule has 0 saturated carbocycles. The van der Waals surface area contributed by atoms with Crippen molar-refractivity contribution in [1.29, 1.82) is 0 Å². The van der Waals surface area contributed by atoms with Gasteiger partial charge in [-0.2, -0.15) is 11.8 Å².